The van der Waals surface area contributed by atoms with Gasteiger partial charge in [0, 0.05) is 30.7 Å². The molecular formula is C16H25ClN2O3S. The van der Waals surface area contributed by atoms with E-state index in [-0.39, 0.29) is 10.9 Å². The summed E-state index contributed by atoms with van der Waals surface area (Å²) in [5.41, 5.74) is 0.860. The van der Waals surface area contributed by atoms with Crippen LogP contribution in [0.5, 0.6) is 0 Å². The van der Waals surface area contributed by atoms with Crippen LogP contribution in [0.2, 0.25) is 5.02 Å². The van der Waals surface area contributed by atoms with Crippen LogP contribution in [0.4, 0.5) is 0 Å². The number of hydrogen-bond donors (Lipinski definition) is 1. The maximum atomic E-state index is 12.5. The Labute approximate surface area is 144 Å². The van der Waals surface area contributed by atoms with Crippen molar-refractivity contribution in [3.63, 3.8) is 0 Å². The lowest BCUT2D eigenvalue weighted by Gasteiger charge is -2.36. The molecule has 0 bridgehead atoms. The lowest BCUT2D eigenvalue weighted by atomic mass is 10.0. The molecule has 130 valence electrons. The van der Waals surface area contributed by atoms with Crippen LogP contribution in [-0.4, -0.2) is 52.2 Å². The van der Waals surface area contributed by atoms with Crippen molar-refractivity contribution in [2.75, 3.05) is 32.8 Å². The number of aryl methyl sites for hydroxylation is 1. The Bertz CT molecular complexity index is 628. The van der Waals surface area contributed by atoms with Crippen molar-refractivity contribution in [1.82, 2.24) is 9.62 Å². The topological polar surface area (TPSA) is 58.6 Å². The minimum atomic E-state index is -3.56. The largest absolute Gasteiger partial charge is 0.379 e. The Hall–Kier alpha value is -0.660. The quantitative estimate of drug-likeness (QED) is 0.845. The first-order valence-corrected chi connectivity index (χ1v) is 9.75. The standard InChI is InChI=1S/C16H25ClN2O3S/c1-12(2)16(19-6-8-22-9-7-19)11-18-23(20,21)14-5-4-13(3)15(17)10-14/h4-5,10,12,16,18H,6-9,11H2,1-3H3. The summed E-state index contributed by atoms with van der Waals surface area (Å²) in [6.07, 6.45) is 0. The molecule has 23 heavy (non-hydrogen) atoms. The Balaban J connectivity index is 2.07. The number of sulfonamides is 1. The fourth-order valence-electron chi connectivity index (χ4n) is 2.71. The van der Waals surface area contributed by atoms with Crippen molar-refractivity contribution in [3.05, 3.63) is 28.8 Å². The molecule has 1 aromatic carbocycles. The molecule has 1 aliphatic heterocycles. The van der Waals surface area contributed by atoms with Crippen LogP contribution in [0.1, 0.15) is 19.4 Å². The summed E-state index contributed by atoms with van der Waals surface area (Å²) in [7, 11) is -3.56. The van der Waals surface area contributed by atoms with Gasteiger partial charge >= 0.3 is 0 Å². The van der Waals surface area contributed by atoms with E-state index in [4.69, 9.17) is 16.3 Å². The van der Waals surface area contributed by atoms with E-state index in [1.807, 2.05) is 6.92 Å². The van der Waals surface area contributed by atoms with E-state index >= 15 is 0 Å². The summed E-state index contributed by atoms with van der Waals surface area (Å²) in [4.78, 5) is 2.50. The van der Waals surface area contributed by atoms with Crippen LogP contribution in [0, 0.1) is 12.8 Å². The lowest BCUT2D eigenvalue weighted by molar-refractivity contribution is 0.00776. The second kappa shape index (κ2) is 7.94. The maximum Gasteiger partial charge on any atom is 0.240 e. The van der Waals surface area contributed by atoms with E-state index in [0.717, 1.165) is 18.7 Å². The zero-order chi connectivity index (χ0) is 17.0. The molecule has 0 aromatic heterocycles. The van der Waals surface area contributed by atoms with Crippen LogP contribution in [0.3, 0.4) is 0 Å². The molecule has 0 aliphatic carbocycles. The first kappa shape index (κ1) is 18.7. The number of nitrogens with zero attached hydrogens (tertiary/aromatic N) is 1. The Morgan fingerprint density at radius 2 is 1.96 bits per heavy atom. The summed E-state index contributed by atoms with van der Waals surface area (Å²) < 4.78 is 33.1. The molecule has 1 atom stereocenters. The molecular weight excluding hydrogens is 336 g/mol. The molecule has 1 N–H and O–H groups in total. The van der Waals surface area contributed by atoms with Gasteiger partial charge in [-0.05, 0) is 30.5 Å². The van der Waals surface area contributed by atoms with E-state index < -0.39 is 10.0 Å². The maximum absolute atomic E-state index is 12.5. The van der Waals surface area contributed by atoms with E-state index in [9.17, 15) is 8.42 Å². The van der Waals surface area contributed by atoms with Gasteiger partial charge in [-0.2, -0.15) is 0 Å². The first-order chi connectivity index (χ1) is 10.8. The van der Waals surface area contributed by atoms with Gasteiger partial charge in [-0.1, -0.05) is 31.5 Å². The fourth-order valence-corrected chi connectivity index (χ4v) is 4.04. The van der Waals surface area contributed by atoms with Crippen molar-refractivity contribution in [1.29, 1.82) is 0 Å². The number of hydrogen-bond acceptors (Lipinski definition) is 4. The highest BCUT2D eigenvalue weighted by Gasteiger charge is 2.26. The average molecular weight is 361 g/mol. The molecule has 0 spiro atoms. The molecule has 1 heterocycles. The minimum absolute atomic E-state index is 0.148. The average Bonchev–Trinajstić information content (AvgIpc) is 2.50. The highest BCUT2D eigenvalue weighted by molar-refractivity contribution is 7.89. The number of morpholine rings is 1. The molecule has 0 saturated carbocycles. The van der Waals surface area contributed by atoms with Crippen molar-refractivity contribution in [2.24, 2.45) is 5.92 Å². The SMILES string of the molecule is Cc1ccc(S(=O)(=O)NCC(C(C)C)N2CCOCC2)cc1Cl. The number of nitrogens with one attached hydrogen (secondary N) is 1. The Kier molecular flexibility index (Phi) is 6.45. The van der Waals surface area contributed by atoms with Crippen molar-refractivity contribution in [2.45, 2.75) is 31.7 Å². The number of halogens is 1. The number of rotatable bonds is 6. The van der Waals surface area contributed by atoms with Gasteiger partial charge in [0.15, 0.2) is 0 Å². The number of ether oxygens (including phenoxy) is 1. The highest BCUT2D eigenvalue weighted by atomic mass is 35.5. The van der Waals surface area contributed by atoms with E-state index in [1.54, 1.807) is 12.1 Å². The first-order valence-electron chi connectivity index (χ1n) is 7.89. The van der Waals surface area contributed by atoms with Gasteiger partial charge in [-0.25, -0.2) is 13.1 Å². The third-order valence-electron chi connectivity index (χ3n) is 4.22. The van der Waals surface area contributed by atoms with E-state index in [1.165, 1.54) is 6.07 Å². The molecule has 0 radical (unpaired) electrons. The van der Waals surface area contributed by atoms with Crippen molar-refractivity contribution >= 4 is 21.6 Å². The summed E-state index contributed by atoms with van der Waals surface area (Å²) in [5, 5.41) is 0.460. The second-order valence-electron chi connectivity index (χ2n) is 6.22. The molecule has 5 nitrogen and oxygen atoms in total. The van der Waals surface area contributed by atoms with Gasteiger partial charge in [-0.15, -0.1) is 0 Å². The van der Waals surface area contributed by atoms with Gasteiger partial charge in [0.05, 0.1) is 18.1 Å². The molecule has 0 amide bonds. The normalized spacial score (nSPS) is 18.3. The van der Waals surface area contributed by atoms with Gasteiger partial charge < -0.3 is 4.74 Å². The zero-order valence-corrected chi connectivity index (χ0v) is 15.5. The monoisotopic (exact) mass is 360 g/mol. The number of benzene rings is 1. The highest BCUT2D eigenvalue weighted by Crippen LogP contribution is 2.20. The van der Waals surface area contributed by atoms with Crippen LogP contribution >= 0.6 is 11.6 Å². The van der Waals surface area contributed by atoms with Gasteiger partial charge in [-0.3, -0.25) is 4.90 Å². The van der Waals surface area contributed by atoms with Crippen molar-refractivity contribution < 1.29 is 13.2 Å². The van der Waals surface area contributed by atoms with E-state index in [0.29, 0.717) is 30.7 Å². The molecule has 1 aromatic rings. The van der Waals surface area contributed by atoms with Crippen LogP contribution in [0.15, 0.2) is 23.1 Å². The smallest absolute Gasteiger partial charge is 0.240 e. The third kappa shape index (κ3) is 4.90. The molecule has 7 heteroatoms. The predicted molar refractivity (Wildman–Crippen MR) is 92.4 cm³/mol. The Morgan fingerprint density at radius 3 is 2.52 bits per heavy atom. The Morgan fingerprint density at radius 1 is 1.30 bits per heavy atom. The van der Waals surface area contributed by atoms with Crippen LogP contribution in [-0.2, 0) is 14.8 Å². The van der Waals surface area contributed by atoms with Crippen LogP contribution < -0.4 is 4.72 Å². The summed E-state index contributed by atoms with van der Waals surface area (Å²) in [6.45, 7) is 9.51. The van der Waals surface area contributed by atoms with Gasteiger partial charge in [0.1, 0.15) is 0 Å². The molecule has 1 aliphatic rings. The zero-order valence-electron chi connectivity index (χ0n) is 13.9. The van der Waals surface area contributed by atoms with Gasteiger partial charge in [0.25, 0.3) is 0 Å². The minimum Gasteiger partial charge on any atom is -0.379 e. The lowest BCUT2D eigenvalue weighted by Crippen LogP contribution is -2.51. The molecule has 1 saturated heterocycles. The molecule has 2 rings (SSSR count). The van der Waals surface area contributed by atoms with E-state index in [2.05, 4.69) is 23.5 Å². The second-order valence-corrected chi connectivity index (χ2v) is 8.40. The summed E-state index contributed by atoms with van der Waals surface area (Å²) in [6, 6.07) is 4.95. The predicted octanol–water partition coefficient (Wildman–Crippen LogP) is 2.28. The van der Waals surface area contributed by atoms with Crippen molar-refractivity contribution in [3.8, 4) is 0 Å². The van der Waals surface area contributed by atoms with Gasteiger partial charge in [0.2, 0.25) is 10.0 Å². The third-order valence-corrected chi connectivity index (χ3v) is 6.05. The molecule has 1 fully saturated rings. The fraction of sp³-hybridized carbons (Fsp3) is 0.625. The molecule has 1 unspecified atom stereocenters. The van der Waals surface area contributed by atoms with Crippen LogP contribution in [0.25, 0.3) is 0 Å². The summed E-state index contributed by atoms with van der Waals surface area (Å²) >= 11 is 6.04. The summed E-state index contributed by atoms with van der Waals surface area (Å²) in [5.74, 6) is 0.345.